The van der Waals surface area contributed by atoms with Gasteiger partial charge in [-0.15, -0.1) is 0 Å². The van der Waals surface area contributed by atoms with Crippen molar-refractivity contribution in [3.05, 3.63) is 33.9 Å². The van der Waals surface area contributed by atoms with Crippen LogP contribution in [0.15, 0.2) is 23.1 Å². The number of hydrogen-bond donors (Lipinski definition) is 0. The minimum Gasteiger partial charge on any atom is -0.299 e. The monoisotopic (exact) mass is 311 g/mol. The van der Waals surface area contributed by atoms with E-state index in [1.54, 1.807) is 0 Å². The van der Waals surface area contributed by atoms with Crippen molar-refractivity contribution < 1.29 is 22.9 Å². The van der Waals surface area contributed by atoms with Gasteiger partial charge in [-0.1, -0.05) is 0 Å². The molecule has 1 fully saturated rings. The Morgan fingerprint density at radius 1 is 1.33 bits per heavy atom. The van der Waals surface area contributed by atoms with Gasteiger partial charge in [0, 0.05) is 18.2 Å². The van der Waals surface area contributed by atoms with E-state index < -0.39 is 26.2 Å². The van der Waals surface area contributed by atoms with Crippen molar-refractivity contribution in [1.82, 2.24) is 0 Å². The molecule has 2 rings (SSSR count). The number of Topliss-reactive ketones (excluding diaryl/α,β-unsaturated/α-hetero) is 2. The van der Waals surface area contributed by atoms with E-state index in [1.807, 2.05) is 0 Å². The summed E-state index contributed by atoms with van der Waals surface area (Å²) >= 11 is 0. The van der Waals surface area contributed by atoms with Gasteiger partial charge < -0.3 is 0 Å². The first kappa shape index (κ1) is 15.3. The molecule has 0 saturated heterocycles. The van der Waals surface area contributed by atoms with E-state index in [4.69, 9.17) is 0 Å². The number of carbonyl (C=O) groups is 2. The molecule has 0 atom stereocenters. The number of nitro benzene ring substituents is 1. The molecule has 0 bridgehead atoms. The average molecular weight is 311 g/mol. The van der Waals surface area contributed by atoms with Crippen LogP contribution in [0.1, 0.15) is 29.6 Å². The highest BCUT2D eigenvalue weighted by Gasteiger charge is 2.32. The molecular weight excluding hydrogens is 298 g/mol. The van der Waals surface area contributed by atoms with Gasteiger partial charge in [0.2, 0.25) is 0 Å². The Balaban J connectivity index is 2.36. The summed E-state index contributed by atoms with van der Waals surface area (Å²) in [5.41, 5.74) is -0.826. The van der Waals surface area contributed by atoms with Crippen LogP contribution in [-0.4, -0.2) is 31.2 Å². The summed E-state index contributed by atoms with van der Waals surface area (Å²) < 4.78 is 22.8. The third kappa shape index (κ3) is 3.52. The standard InChI is InChI=1S/C13H13NO6S/c1-21(19,20)9-4-5-10(11(6-9)14(17)18)13(16)7-12(15)8-2-3-8/h4-6,8H,2-3,7H2,1H3. The molecule has 1 aromatic rings. The molecule has 0 aromatic heterocycles. The quantitative estimate of drug-likeness (QED) is 0.341. The molecule has 1 aromatic carbocycles. The van der Waals surface area contributed by atoms with Gasteiger partial charge in [0.1, 0.15) is 5.78 Å². The molecule has 21 heavy (non-hydrogen) atoms. The highest BCUT2D eigenvalue weighted by Crippen LogP contribution is 2.32. The van der Waals surface area contributed by atoms with Crippen LogP contribution in [0.2, 0.25) is 0 Å². The second-order valence-electron chi connectivity index (χ2n) is 5.05. The van der Waals surface area contributed by atoms with E-state index in [9.17, 15) is 28.1 Å². The van der Waals surface area contributed by atoms with Gasteiger partial charge in [0.25, 0.3) is 5.69 Å². The molecule has 0 amide bonds. The summed E-state index contributed by atoms with van der Waals surface area (Å²) in [5, 5.41) is 11.0. The van der Waals surface area contributed by atoms with Crippen LogP contribution in [0.5, 0.6) is 0 Å². The lowest BCUT2D eigenvalue weighted by Crippen LogP contribution is -2.12. The smallest absolute Gasteiger partial charge is 0.281 e. The molecule has 0 N–H and O–H groups in total. The predicted octanol–water partition coefficient (Wildman–Crippen LogP) is 1.55. The highest BCUT2D eigenvalue weighted by molar-refractivity contribution is 7.90. The normalized spacial score (nSPS) is 14.7. The molecule has 1 saturated carbocycles. The first-order valence-electron chi connectivity index (χ1n) is 6.24. The van der Waals surface area contributed by atoms with Gasteiger partial charge in [-0.05, 0) is 25.0 Å². The predicted molar refractivity (Wildman–Crippen MR) is 72.9 cm³/mol. The minimum atomic E-state index is -3.61. The number of nitrogens with zero attached hydrogens (tertiary/aromatic N) is 1. The van der Waals surface area contributed by atoms with Crippen LogP contribution < -0.4 is 0 Å². The second kappa shape index (κ2) is 5.36. The molecule has 0 heterocycles. The number of nitro groups is 1. The summed E-state index contributed by atoms with van der Waals surface area (Å²) in [6.07, 6.45) is 2.04. The Hall–Kier alpha value is -2.09. The Bertz CT molecular complexity index is 733. The lowest BCUT2D eigenvalue weighted by atomic mass is 10.0. The first-order valence-corrected chi connectivity index (χ1v) is 8.13. The molecule has 0 aliphatic heterocycles. The Labute approximate surface area is 121 Å². The molecule has 8 heteroatoms. The maximum Gasteiger partial charge on any atom is 0.281 e. The van der Waals surface area contributed by atoms with E-state index in [0.29, 0.717) is 0 Å². The van der Waals surface area contributed by atoms with Gasteiger partial charge in [0.15, 0.2) is 15.6 Å². The molecule has 1 aliphatic rings. The van der Waals surface area contributed by atoms with Gasteiger partial charge in [0.05, 0.1) is 21.8 Å². The lowest BCUT2D eigenvalue weighted by Gasteiger charge is -2.04. The largest absolute Gasteiger partial charge is 0.299 e. The van der Waals surface area contributed by atoms with Gasteiger partial charge in [-0.2, -0.15) is 0 Å². The molecular formula is C13H13NO6S. The van der Waals surface area contributed by atoms with Gasteiger partial charge in [-0.3, -0.25) is 19.7 Å². The Morgan fingerprint density at radius 3 is 2.43 bits per heavy atom. The van der Waals surface area contributed by atoms with Crippen molar-refractivity contribution in [1.29, 1.82) is 0 Å². The average Bonchev–Trinajstić information content (AvgIpc) is 3.20. The second-order valence-corrected chi connectivity index (χ2v) is 7.06. The van der Waals surface area contributed by atoms with Gasteiger partial charge >= 0.3 is 0 Å². The van der Waals surface area contributed by atoms with Crippen molar-refractivity contribution in [3.8, 4) is 0 Å². The molecule has 1 aliphatic carbocycles. The SMILES string of the molecule is CS(=O)(=O)c1ccc(C(=O)CC(=O)C2CC2)c([N+](=O)[O-])c1. The summed E-state index contributed by atoms with van der Waals surface area (Å²) in [6, 6.07) is 3.08. The topological polar surface area (TPSA) is 111 Å². The van der Waals surface area contributed by atoms with Crippen molar-refractivity contribution in [3.63, 3.8) is 0 Å². The van der Waals surface area contributed by atoms with Crippen LogP contribution in [-0.2, 0) is 14.6 Å². The number of hydrogen-bond acceptors (Lipinski definition) is 6. The number of sulfone groups is 1. The number of rotatable bonds is 6. The van der Waals surface area contributed by atoms with E-state index in [2.05, 4.69) is 0 Å². The van der Waals surface area contributed by atoms with Crippen molar-refractivity contribution in [2.75, 3.05) is 6.26 Å². The van der Waals surface area contributed by atoms with E-state index in [-0.39, 0.29) is 28.6 Å². The van der Waals surface area contributed by atoms with Gasteiger partial charge in [-0.25, -0.2) is 8.42 Å². The van der Waals surface area contributed by atoms with Crippen molar-refractivity contribution in [2.45, 2.75) is 24.2 Å². The highest BCUT2D eigenvalue weighted by atomic mass is 32.2. The van der Waals surface area contributed by atoms with Crippen LogP contribution in [0.25, 0.3) is 0 Å². The van der Waals surface area contributed by atoms with Crippen LogP contribution >= 0.6 is 0 Å². The maximum atomic E-state index is 12.0. The third-order valence-electron chi connectivity index (χ3n) is 3.26. The number of benzene rings is 1. The molecule has 0 spiro atoms. The fourth-order valence-corrected chi connectivity index (χ4v) is 2.57. The van der Waals surface area contributed by atoms with Crippen LogP contribution in [0.4, 0.5) is 5.69 Å². The summed E-state index contributed by atoms with van der Waals surface area (Å²) in [7, 11) is -3.61. The number of ketones is 2. The summed E-state index contributed by atoms with van der Waals surface area (Å²) in [6.45, 7) is 0. The van der Waals surface area contributed by atoms with Crippen molar-refractivity contribution in [2.24, 2.45) is 5.92 Å². The van der Waals surface area contributed by atoms with E-state index in [1.165, 1.54) is 0 Å². The van der Waals surface area contributed by atoms with Crippen molar-refractivity contribution >= 4 is 27.1 Å². The zero-order valence-electron chi connectivity index (χ0n) is 11.2. The van der Waals surface area contributed by atoms with E-state index >= 15 is 0 Å². The lowest BCUT2D eigenvalue weighted by molar-refractivity contribution is -0.385. The third-order valence-corrected chi connectivity index (χ3v) is 4.37. The zero-order chi connectivity index (χ0) is 15.8. The Kier molecular flexibility index (Phi) is 3.91. The summed E-state index contributed by atoms with van der Waals surface area (Å²) in [4.78, 5) is 33.6. The molecule has 7 nitrogen and oxygen atoms in total. The first-order chi connectivity index (χ1) is 9.70. The minimum absolute atomic E-state index is 0.108. The zero-order valence-corrected chi connectivity index (χ0v) is 12.1. The molecule has 0 unspecified atom stereocenters. The Morgan fingerprint density at radius 2 is 1.95 bits per heavy atom. The molecule has 0 radical (unpaired) electrons. The maximum absolute atomic E-state index is 12.0. The van der Waals surface area contributed by atoms with Crippen LogP contribution in [0, 0.1) is 16.0 Å². The number of carbonyl (C=O) groups excluding carboxylic acids is 2. The van der Waals surface area contributed by atoms with E-state index in [0.717, 1.165) is 37.3 Å². The summed E-state index contributed by atoms with van der Waals surface area (Å²) in [5.74, 6) is -0.983. The fourth-order valence-electron chi connectivity index (χ4n) is 1.93. The fraction of sp³-hybridized carbons (Fsp3) is 0.385. The molecule has 112 valence electrons. The van der Waals surface area contributed by atoms with Crippen LogP contribution in [0.3, 0.4) is 0 Å².